The number of nitro benzene ring substituents is 1. The van der Waals surface area contributed by atoms with E-state index in [1.165, 1.54) is 18.3 Å². The number of benzene rings is 1. The number of imidazole rings is 1. The maximum absolute atomic E-state index is 10.7. The molecule has 2 aromatic heterocycles. The third-order valence-electron chi connectivity index (χ3n) is 2.59. The summed E-state index contributed by atoms with van der Waals surface area (Å²) in [6.07, 6.45) is 1.47. The molecule has 3 aromatic rings. The van der Waals surface area contributed by atoms with Gasteiger partial charge in [0.1, 0.15) is 11.5 Å². The van der Waals surface area contributed by atoms with Crippen molar-refractivity contribution in [1.82, 2.24) is 15.0 Å². The van der Waals surface area contributed by atoms with E-state index in [9.17, 15) is 10.1 Å². The fourth-order valence-corrected chi connectivity index (χ4v) is 1.75. The molecule has 0 aliphatic carbocycles. The fraction of sp³-hybridized carbons (Fsp3) is 0. The monoisotopic (exact) mass is 271 g/mol. The second kappa shape index (κ2) is 4.50. The van der Waals surface area contributed by atoms with Gasteiger partial charge in [0, 0.05) is 12.1 Å². The van der Waals surface area contributed by atoms with Gasteiger partial charge in [0.15, 0.2) is 11.6 Å². The molecule has 8 nitrogen and oxygen atoms in total. The van der Waals surface area contributed by atoms with Gasteiger partial charge in [0.25, 0.3) is 5.69 Å². The Kier molecular flexibility index (Phi) is 2.68. The van der Waals surface area contributed by atoms with Crippen molar-refractivity contribution < 1.29 is 9.66 Å². The summed E-state index contributed by atoms with van der Waals surface area (Å²) in [4.78, 5) is 21.1. The number of nitro groups is 1. The number of rotatable bonds is 3. The summed E-state index contributed by atoms with van der Waals surface area (Å²) in [5.74, 6) is 1.05. The van der Waals surface area contributed by atoms with E-state index in [-0.39, 0.29) is 11.6 Å². The number of anilines is 1. The molecule has 1 aromatic carbocycles. The number of non-ortho nitro benzene ring substituents is 1. The first-order valence-corrected chi connectivity index (χ1v) is 5.65. The van der Waals surface area contributed by atoms with Gasteiger partial charge in [0.05, 0.1) is 22.7 Å². The second-order valence-corrected chi connectivity index (χ2v) is 4.02. The van der Waals surface area contributed by atoms with Crippen LogP contribution in [0.3, 0.4) is 0 Å². The Hall–Kier alpha value is -3.16. The molecule has 0 aliphatic rings. The van der Waals surface area contributed by atoms with Crippen LogP contribution in [0.2, 0.25) is 0 Å². The van der Waals surface area contributed by atoms with Gasteiger partial charge in [-0.15, -0.1) is 0 Å². The lowest BCUT2D eigenvalue weighted by Crippen LogP contribution is -1.90. The quantitative estimate of drug-likeness (QED) is 0.556. The lowest BCUT2D eigenvalue weighted by atomic mass is 10.3. The van der Waals surface area contributed by atoms with E-state index in [1.807, 2.05) is 0 Å². The number of nitrogen functional groups attached to an aromatic ring is 1. The molecular weight excluding hydrogens is 262 g/mol. The number of pyridine rings is 1. The molecule has 0 saturated heterocycles. The van der Waals surface area contributed by atoms with Crippen LogP contribution >= 0.6 is 0 Å². The summed E-state index contributed by atoms with van der Waals surface area (Å²) in [6, 6.07) is 7.58. The van der Waals surface area contributed by atoms with Crippen LogP contribution in [0.15, 0.2) is 36.5 Å². The number of H-pyrrole nitrogens is 1. The molecule has 3 N–H and O–H groups in total. The van der Waals surface area contributed by atoms with E-state index in [0.717, 1.165) is 0 Å². The molecule has 0 radical (unpaired) electrons. The van der Waals surface area contributed by atoms with E-state index in [2.05, 4.69) is 15.0 Å². The van der Waals surface area contributed by atoms with Crippen LogP contribution in [0.4, 0.5) is 11.6 Å². The summed E-state index contributed by atoms with van der Waals surface area (Å²) in [5, 5.41) is 10.7. The van der Waals surface area contributed by atoms with E-state index in [0.29, 0.717) is 22.7 Å². The van der Waals surface area contributed by atoms with Gasteiger partial charge in [-0.2, -0.15) is 4.98 Å². The standard InChI is InChI=1S/C12H9N5O3/c13-12-15-10-5-9(6-14-11(10)16-12)20-8-3-1-2-7(4-8)17(18)19/h1-6H,(H3,13,14,15,16). The summed E-state index contributed by atoms with van der Waals surface area (Å²) >= 11 is 0. The maximum Gasteiger partial charge on any atom is 0.273 e. The van der Waals surface area contributed by atoms with Gasteiger partial charge >= 0.3 is 0 Å². The van der Waals surface area contributed by atoms with Crippen LogP contribution in [0, 0.1) is 10.1 Å². The summed E-state index contributed by atoms with van der Waals surface area (Å²) < 4.78 is 5.53. The minimum absolute atomic E-state index is 0.0395. The fourth-order valence-electron chi connectivity index (χ4n) is 1.75. The molecule has 0 unspecified atom stereocenters. The highest BCUT2D eigenvalue weighted by Crippen LogP contribution is 2.26. The van der Waals surface area contributed by atoms with Gasteiger partial charge in [-0.05, 0) is 6.07 Å². The highest BCUT2D eigenvalue weighted by molar-refractivity contribution is 5.74. The minimum Gasteiger partial charge on any atom is -0.455 e. The zero-order chi connectivity index (χ0) is 14.1. The van der Waals surface area contributed by atoms with Crippen LogP contribution < -0.4 is 10.5 Å². The van der Waals surface area contributed by atoms with Gasteiger partial charge in [-0.1, -0.05) is 6.07 Å². The van der Waals surface area contributed by atoms with E-state index < -0.39 is 4.92 Å². The molecule has 3 rings (SSSR count). The molecular formula is C12H9N5O3. The third-order valence-corrected chi connectivity index (χ3v) is 2.59. The van der Waals surface area contributed by atoms with Crippen molar-refractivity contribution in [2.75, 3.05) is 5.73 Å². The average molecular weight is 271 g/mol. The zero-order valence-corrected chi connectivity index (χ0v) is 10.1. The highest BCUT2D eigenvalue weighted by Gasteiger charge is 2.08. The Morgan fingerprint density at radius 3 is 2.95 bits per heavy atom. The van der Waals surface area contributed by atoms with Crippen LogP contribution in [0.1, 0.15) is 0 Å². The van der Waals surface area contributed by atoms with Crippen LogP contribution in [0.25, 0.3) is 11.2 Å². The van der Waals surface area contributed by atoms with Crippen LogP contribution in [-0.4, -0.2) is 19.9 Å². The van der Waals surface area contributed by atoms with Gasteiger partial charge < -0.3 is 15.5 Å². The first-order valence-electron chi connectivity index (χ1n) is 5.65. The number of aromatic nitrogens is 3. The topological polar surface area (TPSA) is 120 Å². The normalized spacial score (nSPS) is 10.6. The number of nitrogens with one attached hydrogen (secondary N) is 1. The number of aromatic amines is 1. The van der Waals surface area contributed by atoms with Crippen molar-refractivity contribution >= 4 is 22.8 Å². The summed E-state index contributed by atoms with van der Waals surface area (Å²) in [7, 11) is 0. The first kappa shape index (κ1) is 11.9. The van der Waals surface area contributed by atoms with Gasteiger partial charge in [0.2, 0.25) is 0 Å². The molecule has 0 atom stereocenters. The van der Waals surface area contributed by atoms with Gasteiger partial charge in [-0.3, -0.25) is 10.1 Å². The first-order chi connectivity index (χ1) is 9.61. The number of fused-ring (bicyclic) bond motifs is 1. The molecule has 0 amide bonds. The number of nitrogens with zero attached hydrogens (tertiary/aromatic N) is 3. The molecule has 2 heterocycles. The molecule has 0 bridgehead atoms. The van der Waals surface area contributed by atoms with Crippen molar-refractivity contribution in [3.05, 3.63) is 46.6 Å². The Bertz CT molecular complexity index is 799. The molecule has 0 aliphatic heterocycles. The van der Waals surface area contributed by atoms with Crippen LogP contribution in [-0.2, 0) is 0 Å². The molecule has 0 fully saturated rings. The number of hydrogen-bond donors (Lipinski definition) is 2. The van der Waals surface area contributed by atoms with Crippen molar-refractivity contribution in [3.63, 3.8) is 0 Å². The number of nitrogens with two attached hydrogens (primary N) is 1. The predicted molar refractivity (Wildman–Crippen MR) is 71.5 cm³/mol. The van der Waals surface area contributed by atoms with E-state index in [1.54, 1.807) is 18.2 Å². The Morgan fingerprint density at radius 1 is 1.30 bits per heavy atom. The molecule has 0 saturated carbocycles. The smallest absolute Gasteiger partial charge is 0.273 e. The van der Waals surface area contributed by atoms with Crippen LogP contribution in [0.5, 0.6) is 11.5 Å². The number of ether oxygens (including phenoxy) is 1. The summed E-state index contributed by atoms with van der Waals surface area (Å²) in [5.41, 5.74) is 6.59. The van der Waals surface area contributed by atoms with Crippen molar-refractivity contribution in [2.24, 2.45) is 0 Å². The predicted octanol–water partition coefficient (Wildman–Crippen LogP) is 2.24. The SMILES string of the molecule is Nc1nc2ncc(Oc3cccc([N+](=O)[O-])c3)cc2[nH]1. The minimum atomic E-state index is -0.482. The van der Waals surface area contributed by atoms with E-state index in [4.69, 9.17) is 10.5 Å². The largest absolute Gasteiger partial charge is 0.455 e. The van der Waals surface area contributed by atoms with Crippen molar-refractivity contribution in [2.45, 2.75) is 0 Å². The van der Waals surface area contributed by atoms with Gasteiger partial charge in [-0.25, -0.2) is 4.98 Å². The third kappa shape index (κ3) is 2.21. The Labute approximate surface area is 112 Å². The van der Waals surface area contributed by atoms with Crippen molar-refractivity contribution in [3.8, 4) is 11.5 Å². The lowest BCUT2D eigenvalue weighted by molar-refractivity contribution is -0.384. The molecule has 0 spiro atoms. The lowest BCUT2D eigenvalue weighted by Gasteiger charge is -2.04. The highest BCUT2D eigenvalue weighted by atomic mass is 16.6. The second-order valence-electron chi connectivity index (χ2n) is 4.02. The summed E-state index contributed by atoms with van der Waals surface area (Å²) in [6.45, 7) is 0. The molecule has 20 heavy (non-hydrogen) atoms. The molecule has 100 valence electrons. The zero-order valence-electron chi connectivity index (χ0n) is 10.1. The Balaban J connectivity index is 1.92. The molecule has 8 heteroatoms. The number of hydrogen-bond acceptors (Lipinski definition) is 6. The van der Waals surface area contributed by atoms with E-state index >= 15 is 0 Å². The maximum atomic E-state index is 10.7. The average Bonchev–Trinajstić information content (AvgIpc) is 2.78. The van der Waals surface area contributed by atoms with Crippen molar-refractivity contribution in [1.29, 1.82) is 0 Å². The Morgan fingerprint density at radius 2 is 2.15 bits per heavy atom.